The first-order chi connectivity index (χ1) is 7.98. The van der Waals surface area contributed by atoms with Gasteiger partial charge in [-0.2, -0.15) is 5.26 Å². The van der Waals surface area contributed by atoms with Crippen molar-refractivity contribution in [1.82, 2.24) is 4.98 Å². The second kappa shape index (κ2) is 5.44. The van der Waals surface area contributed by atoms with E-state index in [1.807, 2.05) is 20.8 Å². The van der Waals surface area contributed by atoms with Gasteiger partial charge in [0.05, 0.1) is 18.1 Å². The van der Waals surface area contributed by atoms with Crippen LogP contribution in [0.25, 0.3) is 0 Å². The van der Waals surface area contributed by atoms with Crippen LogP contribution in [0, 0.1) is 23.7 Å². The first-order valence-electron chi connectivity index (χ1n) is 5.45. The van der Waals surface area contributed by atoms with Gasteiger partial charge in [0.15, 0.2) is 6.29 Å². The Bertz CT molecular complexity index is 447. The van der Waals surface area contributed by atoms with E-state index < -0.39 is 5.41 Å². The molecule has 0 saturated heterocycles. The van der Waals surface area contributed by atoms with E-state index in [1.54, 1.807) is 12.1 Å². The number of nitriles is 1. The maximum atomic E-state index is 10.8. The van der Waals surface area contributed by atoms with Gasteiger partial charge in [-0.3, -0.25) is 4.79 Å². The van der Waals surface area contributed by atoms with E-state index in [2.05, 4.69) is 11.1 Å². The van der Waals surface area contributed by atoms with Gasteiger partial charge in [-0.25, -0.2) is 4.98 Å². The molecule has 0 amide bonds. The molecule has 0 saturated carbocycles. The summed E-state index contributed by atoms with van der Waals surface area (Å²) in [6.45, 7) is 5.91. The highest BCUT2D eigenvalue weighted by Gasteiger charge is 2.16. The van der Waals surface area contributed by atoms with Crippen LogP contribution in [0.1, 0.15) is 36.5 Å². The summed E-state index contributed by atoms with van der Waals surface area (Å²) < 4.78 is 5.48. The second-order valence-electron chi connectivity index (χ2n) is 4.55. The van der Waals surface area contributed by atoms with Gasteiger partial charge in [-0.05, 0) is 39.3 Å². The fourth-order valence-corrected chi connectivity index (χ4v) is 1.24. The molecule has 90 valence electrons. The van der Waals surface area contributed by atoms with Crippen molar-refractivity contribution in [2.24, 2.45) is 5.41 Å². The molecule has 1 aromatic heterocycles. The largest absolute Gasteiger partial charge is 0.491 e. The van der Waals surface area contributed by atoms with E-state index in [-0.39, 0.29) is 0 Å². The van der Waals surface area contributed by atoms with Crippen LogP contribution in [-0.4, -0.2) is 17.9 Å². The average molecular weight is 232 g/mol. The molecule has 0 atom stereocenters. The van der Waals surface area contributed by atoms with Crippen LogP contribution in [0.5, 0.6) is 5.75 Å². The van der Waals surface area contributed by atoms with Gasteiger partial charge in [0, 0.05) is 5.69 Å². The standard InChI is InChI=1S/C13H16N2O2/c1-10-4-5-12(11(8-16)15-10)17-7-6-13(2,3)9-14/h4-5,8H,6-7H2,1-3H3. The third-order valence-corrected chi connectivity index (χ3v) is 2.42. The summed E-state index contributed by atoms with van der Waals surface area (Å²) >= 11 is 0. The summed E-state index contributed by atoms with van der Waals surface area (Å²) in [6.07, 6.45) is 1.29. The zero-order valence-corrected chi connectivity index (χ0v) is 10.4. The van der Waals surface area contributed by atoms with E-state index in [0.29, 0.717) is 30.8 Å². The van der Waals surface area contributed by atoms with Crippen molar-refractivity contribution in [3.8, 4) is 11.8 Å². The Morgan fingerprint density at radius 1 is 1.53 bits per heavy atom. The summed E-state index contributed by atoms with van der Waals surface area (Å²) in [7, 11) is 0. The van der Waals surface area contributed by atoms with Crippen LogP contribution in [0.4, 0.5) is 0 Å². The van der Waals surface area contributed by atoms with Crippen LogP contribution in [0.15, 0.2) is 12.1 Å². The van der Waals surface area contributed by atoms with Crippen molar-refractivity contribution in [2.45, 2.75) is 27.2 Å². The van der Waals surface area contributed by atoms with Gasteiger partial charge in [0.1, 0.15) is 11.4 Å². The third-order valence-electron chi connectivity index (χ3n) is 2.42. The minimum absolute atomic E-state index is 0.305. The topological polar surface area (TPSA) is 63.0 Å². The van der Waals surface area contributed by atoms with E-state index in [9.17, 15) is 4.79 Å². The van der Waals surface area contributed by atoms with Gasteiger partial charge in [0.2, 0.25) is 0 Å². The molecule has 0 aliphatic heterocycles. The third kappa shape index (κ3) is 3.87. The lowest BCUT2D eigenvalue weighted by Gasteiger charge is -2.15. The Morgan fingerprint density at radius 3 is 2.82 bits per heavy atom. The number of hydrogen-bond acceptors (Lipinski definition) is 4. The van der Waals surface area contributed by atoms with Gasteiger partial charge in [-0.1, -0.05) is 0 Å². The summed E-state index contributed by atoms with van der Waals surface area (Å²) in [5.41, 5.74) is 0.663. The number of carbonyl (C=O) groups excluding carboxylic acids is 1. The fraction of sp³-hybridized carbons (Fsp3) is 0.462. The quantitative estimate of drug-likeness (QED) is 0.732. The Labute approximate surface area is 101 Å². The van der Waals surface area contributed by atoms with Gasteiger partial charge in [-0.15, -0.1) is 0 Å². The molecule has 0 fully saturated rings. The molecule has 17 heavy (non-hydrogen) atoms. The second-order valence-corrected chi connectivity index (χ2v) is 4.55. The lowest BCUT2D eigenvalue weighted by atomic mass is 9.92. The number of pyridine rings is 1. The monoisotopic (exact) mass is 232 g/mol. The highest BCUT2D eigenvalue weighted by molar-refractivity contribution is 5.76. The summed E-state index contributed by atoms with van der Waals surface area (Å²) in [5, 5.41) is 8.85. The Hall–Kier alpha value is -1.89. The van der Waals surface area contributed by atoms with Crippen molar-refractivity contribution in [3.63, 3.8) is 0 Å². The molecule has 0 aliphatic carbocycles. The lowest BCUT2D eigenvalue weighted by molar-refractivity contribution is 0.111. The summed E-state index contributed by atoms with van der Waals surface area (Å²) in [6, 6.07) is 5.72. The molecular weight excluding hydrogens is 216 g/mol. The number of aldehydes is 1. The number of aromatic nitrogens is 1. The number of aryl methyl sites for hydroxylation is 1. The van der Waals surface area contributed by atoms with Crippen molar-refractivity contribution in [3.05, 3.63) is 23.5 Å². The van der Waals surface area contributed by atoms with Crippen LogP contribution < -0.4 is 4.74 Å². The molecule has 0 aromatic carbocycles. The van der Waals surface area contributed by atoms with E-state index >= 15 is 0 Å². The van der Waals surface area contributed by atoms with E-state index in [0.717, 1.165) is 5.69 Å². The molecule has 0 spiro atoms. The number of ether oxygens (including phenoxy) is 1. The summed E-state index contributed by atoms with van der Waals surface area (Å²) in [5.74, 6) is 0.472. The molecule has 0 unspecified atom stereocenters. The Kier molecular flexibility index (Phi) is 4.22. The van der Waals surface area contributed by atoms with Crippen molar-refractivity contribution in [2.75, 3.05) is 6.61 Å². The maximum absolute atomic E-state index is 10.8. The molecular formula is C13H16N2O2. The predicted molar refractivity (Wildman–Crippen MR) is 63.9 cm³/mol. The fourth-order valence-electron chi connectivity index (χ4n) is 1.24. The normalized spacial score (nSPS) is 10.7. The van der Waals surface area contributed by atoms with Crippen molar-refractivity contribution >= 4 is 6.29 Å². The Balaban J connectivity index is 2.64. The molecule has 4 nitrogen and oxygen atoms in total. The molecule has 0 N–H and O–H groups in total. The van der Waals surface area contributed by atoms with Crippen LogP contribution >= 0.6 is 0 Å². The van der Waals surface area contributed by atoms with Crippen LogP contribution in [0.2, 0.25) is 0 Å². The zero-order valence-electron chi connectivity index (χ0n) is 10.4. The summed E-state index contributed by atoms with van der Waals surface area (Å²) in [4.78, 5) is 14.9. The highest BCUT2D eigenvalue weighted by Crippen LogP contribution is 2.20. The van der Waals surface area contributed by atoms with Gasteiger partial charge >= 0.3 is 0 Å². The number of carbonyl (C=O) groups is 1. The highest BCUT2D eigenvalue weighted by atomic mass is 16.5. The maximum Gasteiger partial charge on any atom is 0.172 e. The van der Waals surface area contributed by atoms with E-state index in [4.69, 9.17) is 10.00 Å². The van der Waals surface area contributed by atoms with Crippen molar-refractivity contribution < 1.29 is 9.53 Å². The minimum Gasteiger partial charge on any atom is -0.491 e. The Morgan fingerprint density at radius 2 is 2.24 bits per heavy atom. The number of hydrogen-bond donors (Lipinski definition) is 0. The van der Waals surface area contributed by atoms with Crippen molar-refractivity contribution in [1.29, 1.82) is 5.26 Å². The SMILES string of the molecule is Cc1ccc(OCCC(C)(C)C#N)c(C=O)n1. The van der Waals surface area contributed by atoms with Crippen LogP contribution in [-0.2, 0) is 0 Å². The van der Waals surface area contributed by atoms with Crippen LogP contribution in [0.3, 0.4) is 0 Å². The lowest BCUT2D eigenvalue weighted by Crippen LogP contribution is -2.13. The van der Waals surface area contributed by atoms with Gasteiger partial charge in [0.25, 0.3) is 0 Å². The molecule has 4 heteroatoms. The van der Waals surface area contributed by atoms with Gasteiger partial charge < -0.3 is 4.74 Å². The first kappa shape index (κ1) is 13.2. The number of rotatable bonds is 5. The zero-order chi connectivity index (χ0) is 12.9. The average Bonchev–Trinajstić information content (AvgIpc) is 2.30. The predicted octanol–water partition coefficient (Wildman–Crippen LogP) is 2.52. The van der Waals surface area contributed by atoms with E-state index in [1.165, 1.54) is 0 Å². The molecule has 0 bridgehead atoms. The number of nitrogens with zero attached hydrogens (tertiary/aromatic N) is 2. The molecule has 0 aliphatic rings. The first-order valence-corrected chi connectivity index (χ1v) is 5.45. The minimum atomic E-state index is -0.417. The molecule has 1 rings (SSSR count). The molecule has 1 heterocycles. The smallest absolute Gasteiger partial charge is 0.172 e. The molecule has 0 radical (unpaired) electrons. The molecule has 1 aromatic rings.